The summed E-state index contributed by atoms with van der Waals surface area (Å²) in [6.07, 6.45) is 2.54. The highest BCUT2D eigenvalue weighted by molar-refractivity contribution is 9.10. The fraction of sp³-hybridized carbons (Fsp3) is 0.462. The van der Waals surface area contributed by atoms with E-state index in [1.54, 1.807) is 17.0 Å². The third-order valence-corrected chi connectivity index (χ3v) is 4.21. The highest BCUT2D eigenvalue weighted by atomic mass is 79.9. The fourth-order valence-electron chi connectivity index (χ4n) is 2.35. The number of carboxylic acid groups (broad SMARTS) is 1. The number of halogens is 1. The number of amides is 1. The molecule has 6 heteroatoms. The second-order valence-corrected chi connectivity index (χ2v) is 5.60. The molecule has 1 aliphatic rings. The maximum absolute atomic E-state index is 12.3. The Morgan fingerprint density at radius 1 is 1.53 bits per heavy atom. The minimum atomic E-state index is -0.820. The zero-order valence-corrected chi connectivity index (χ0v) is 12.2. The van der Waals surface area contributed by atoms with Gasteiger partial charge < -0.3 is 10.0 Å². The van der Waals surface area contributed by atoms with E-state index in [4.69, 9.17) is 0 Å². The highest BCUT2D eigenvalue weighted by Crippen LogP contribution is 2.34. The number of rotatable bonds is 3. The van der Waals surface area contributed by atoms with Crippen LogP contribution in [0.25, 0.3) is 0 Å². The molecule has 1 saturated heterocycles. The van der Waals surface area contributed by atoms with Crippen molar-refractivity contribution < 1.29 is 14.7 Å². The molecular formula is C13H15BrN2O3. The van der Waals surface area contributed by atoms with Crippen molar-refractivity contribution in [3.8, 4) is 0 Å². The monoisotopic (exact) mass is 326 g/mol. The Labute approximate surface area is 119 Å². The lowest BCUT2D eigenvalue weighted by Gasteiger charge is -2.23. The van der Waals surface area contributed by atoms with E-state index >= 15 is 0 Å². The van der Waals surface area contributed by atoms with Gasteiger partial charge >= 0.3 is 5.97 Å². The van der Waals surface area contributed by atoms with Gasteiger partial charge in [-0.3, -0.25) is 9.59 Å². The molecule has 1 aromatic heterocycles. The first-order chi connectivity index (χ1) is 8.98. The van der Waals surface area contributed by atoms with E-state index in [2.05, 4.69) is 20.9 Å². The zero-order valence-electron chi connectivity index (χ0n) is 10.6. The van der Waals surface area contributed by atoms with Crippen LogP contribution in [0.4, 0.5) is 0 Å². The molecule has 1 fully saturated rings. The molecular weight excluding hydrogens is 312 g/mol. The summed E-state index contributed by atoms with van der Waals surface area (Å²) in [5.74, 6) is -0.976. The second-order valence-electron chi connectivity index (χ2n) is 4.79. The molecule has 0 aromatic carbocycles. The normalized spacial score (nSPS) is 22.5. The molecule has 2 heterocycles. The topological polar surface area (TPSA) is 70.5 Å². The van der Waals surface area contributed by atoms with E-state index in [-0.39, 0.29) is 12.5 Å². The Morgan fingerprint density at radius 2 is 2.26 bits per heavy atom. The minimum absolute atomic E-state index is 0.156. The quantitative estimate of drug-likeness (QED) is 0.864. The molecule has 5 nitrogen and oxygen atoms in total. The van der Waals surface area contributed by atoms with Gasteiger partial charge in [-0.05, 0) is 40.9 Å². The van der Waals surface area contributed by atoms with Crippen LogP contribution in [0.1, 0.15) is 30.1 Å². The summed E-state index contributed by atoms with van der Waals surface area (Å²) in [5.41, 5.74) is -0.307. The Bertz CT molecular complexity index is 503. The molecule has 1 N–H and O–H groups in total. The average Bonchev–Trinajstić information content (AvgIpc) is 2.84. The van der Waals surface area contributed by atoms with Gasteiger partial charge in [-0.1, -0.05) is 6.92 Å². The molecule has 0 bridgehead atoms. The first-order valence-electron chi connectivity index (χ1n) is 6.13. The summed E-state index contributed by atoms with van der Waals surface area (Å²) in [6, 6.07) is 3.39. The third-order valence-electron chi connectivity index (χ3n) is 3.75. The fourth-order valence-corrected chi connectivity index (χ4v) is 2.58. The number of carbonyl (C=O) groups excluding carboxylic acids is 1. The number of hydrogen-bond donors (Lipinski definition) is 1. The van der Waals surface area contributed by atoms with E-state index in [1.165, 1.54) is 6.20 Å². The summed E-state index contributed by atoms with van der Waals surface area (Å²) >= 11 is 3.21. The van der Waals surface area contributed by atoms with Crippen molar-refractivity contribution >= 4 is 27.8 Å². The second kappa shape index (κ2) is 5.28. The smallest absolute Gasteiger partial charge is 0.311 e. The lowest BCUT2D eigenvalue weighted by molar-refractivity contribution is -0.148. The van der Waals surface area contributed by atoms with E-state index in [9.17, 15) is 14.7 Å². The molecule has 0 radical (unpaired) electrons. The van der Waals surface area contributed by atoms with Gasteiger partial charge in [-0.2, -0.15) is 0 Å². The lowest BCUT2D eigenvalue weighted by atomic mass is 9.84. The highest BCUT2D eigenvalue weighted by Gasteiger charge is 2.44. The third kappa shape index (κ3) is 2.63. The van der Waals surface area contributed by atoms with Crippen molar-refractivity contribution in [3.05, 3.63) is 28.5 Å². The van der Waals surface area contributed by atoms with Crippen LogP contribution < -0.4 is 0 Å². The number of aromatic nitrogens is 1. The molecule has 1 atom stereocenters. The maximum Gasteiger partial charge on any atom is 0.311 e. The molecule has 0 saturated carbocycles. The number of nitrogens with zero attached hydrogens (tertiary/aromatic N) is 2. The number of carbonyl (C=O) groups is 2. The maximum atomic E-state index is 12.3. The first kappa shape index (κ1) is 14.0. The summed E-state index contributed by atoms with van der Waals surface area (Å²) < 4.78 is 0.666. The Balaban J connectivity index is 2.14. The summed E-state index contributed by atoms with van der Waals surface area (Å²) in [6.45, 7) is 2.60. The molecule has 1 aliphatic heterocycles. The lowest BCUT2D eigenvalue weighted by Crippen LogP contribution is -2.36. The Hall–Kier alpha value is -1.43. The number of likely N-dealkylation sites (tertiary alicyclic amines) is 1. The van der Waals surface area contributed by atoms with Gasteiger partial charge in [0.05, 0.1) is 11.0 Å². The molecule has 102 valence electrons. The van der Waals surface area contributed by atoms with Gasteiger partial charge in [-0.25, -0.2) is 4.98 Å². The molecule has 0 spiro atoms. The van der Waals surface area contributed by atoms with Crippen LogP contribution in [0.5, 0.6) is 0 Å². The van der Waals surface area contributed by atoms with Crippen LogP contribution in [0.15, 0.2) is 22.9 Å². The zero-order chi connectivity index (χ0) is 14.0. The summed E-state index contributed by atoms with van der Waals surface area (Å²) in [5, 5.41) is 9.31. The standard InChI is InChI=1S/C13H15BrN2O3/c1-2-13(12(18)19)5-6-16(8-13)11(17)9-3-4-10(14)15-7-9/h3-4,7H,2,5-6,8H2,1H3,(H,18,19). The van der Waals surface area contributed by atoms with Gasteiger partial charge in [-0.15, -0.1) is 0 Å². The van der Waals surface area contributed by atoms with Gasteiger partial charge in [0, 0.05) is 19.3 Å². The van der Waals surface area contributed by atoms with Gasteiger partial charge in [0.1, 0.15) is 4.60 Å². The van der Waals surface area contributed by atoms with Crippen molar-refractivity contribution in [2.45, 2.75) is 19.8 Å². The molecule has 0 aliphatic carbocycles. The van der Waals surface area contributed by atoms with E-state index in [1.807, 2.05) is 6.92 Å². The van der Waals surface area contributed by atoms with E-state index in [0.717, 1.165) is 0 Å². The Kier molecular flexibility index (Phi) is 3.89. The van der Waals surface area contributed by atoms with E-state index in [0.29, 0.717) is 29.6 Å². The van der Waals surface area contributed by atoms with Crippen LogP contribution >= 0.6 is 15.9 Å². The molecule has 1 aromatic rings. The van der Waals surface area contributed by atoms with Crippen molar-refractivity contribution in [3.63, 3.8) is 0 Å². The number of hydrogen-bond acceptors (Lipinski definition) is 3. The van der Waals surface area contributed by atoms with Crippen LogP contribution in [-0.2, 0) is 4.79 Å². The van der Waals surface area contributed by atoms with Crippen molar-refractivity contribution in [1.29, 1.82) is 0 Å². The van der Waals surface area contributed by atoms with Crippen molar-refractivity contribution in [2.24, 2.45) is 5.41 Å². The number of carboxylic acids is 1. The Morgan fingerprint density at radius 3 is 2.74 bits per heavy atom. The summed E-state index contributed by atoms with van der Waals surface area (Å²) in [4.78, 5) is 29.2. The predicted octanol–water partition coefficient (Wildman–Crippen LogP) is 2.17. The predicted molar refractivity (Wildman–Crippen MR) is 72.8 cm³/mol. The number of pyridine rings is 1. The van der Waals surface area contributed by atoms with Gasteiger partial charge in [0.25, 0.3) is 5.91 Å². The SMILES string of the molecule is CCC1(C(=O)O)CCN(C(=O)c2ccc(Br)nc2)C1. The molecule has 1 amide bonds. The van der Waals surface area contributed by atoms with Crippen molar-refractivity contribution in [1.82, 2.24) is 9.88 Å². The summed E-state index contributed by atoms with van der Waals surface area (Å²) in [7, 11) is 0. The van der Waals surface area contributed by atoms with Crippen LogP contribution in [0.2, 0.25) is 0 Å². The van der Waals surface area contributed by atoms with Crippen LogP contribution in [-0.4, -0.2) is 40.0 Å². The molecule has 1 unspecified atom stereocenters. The molecule has 2 rings (SSSR count). The van der Waals surface area contributed by atoms with E-state index < -0.39 is 11.4 Å². The largest absolute Gasteiger partial charge is 0.481 e. The minimum Gasteiger partial charge on any atom is -0.481 e. The van der Waals surface area contributed by atoms with Crippen LogP contribution in [0.3, 0.4) is 0 Å². The first-order valence-corrected chi connectivity index (χ1v) is 6.92. The van der Waals surface area contributed by atoms with Gasteiger partial charge in [0.15, 0.2) is 0 Å². The average molecular weight is 327 g/mol. The van der Waals surface area contributed by atoms with Crippen molar-refractivity contribution in [2.75, 3.05) is 13.1 Å². The number of aliphatic carboxylic acids is 1. The van der Waals surface area contributed by atoms with Gasteiger partial charge in [0.2, 0.25) is 0 Å². The van der Waals surface area contributed by atoms with Crippen LogP contribution in [0, 0.1) is 5.41 Å². The molecule has 19 heavy (non-hydrogen) atoms.